The molecule has 0 radical (unpaired) electrons. The van der Waals surface area contributed by atoms with E-state index in [0.29, 0.717) is 0 Å². The van der Waals surface area contributed by atoms with Gasteiger partial charge in [-0.25, -0.2) is 0 Å². The highest BCUT2D eigenvalue weighted by molar-refractivity contribution is 6.10. The number of carbonyl (C=O) groups is 1. The number of anilines is 1. The molecule has 0 unspecified atom stereocenters. The smallest absolute Gasteiger partial charge is 0.265 e. The number of amides is 1. The number of hydrogen-bond acceptors (Lipinski definition) is 2. The van der Waals surface area contributed by atoms with E-state index in [-0.39, 0.29) is 5.91 Å². The van der Waals surface area contributed by atoms with Crippen molar-refractivity contribution >= 4 is 33.4 Å². The summed E-state index contributed by atoms with van der Waals surface area (Å²) in [5, 5.41) is 5.34. The van der Waals surface area contributed by atoms with E-state index >= 15 is 0 Å². The van der Waals surface area contributed by atoms with Crippen molar-refractivity contribution in [2.75, 3.05) is 5.32 Å². The zero-order valence-corrected chi connectivity index (χ0v) is 17.3. The van der Waals surface area contributed by atoms with Crippen LogP contribution in [0.4, 0.5) is 5.69 Å². The first-order valence-corrected chi connectivity index (χ1v) is 10.0. The lowest BCUT2D eigenvalue weighted by atomic mass is 10.1. The first kappa shape index (κ1) is 19.1. The molecule has 29 heavy (non-hydrogen) atoms. The minimum Gasteiger partial charge on any atom is -0.481 e. The Labute approximate surface area is 171 Å². The highest BCUT2D eigenvalue weighted by Gasteiger charge is 2.17. The molecular weight excluding hydrogens is 360 g/mol. The minimum atomic E-state index is -0.593. The van der Waals surface area contributed by atoms with Crippen molar-refractivity contribution in [1.82, 2.24) is 4.57 Å². The van der Waals surface area contributed by atoms with Gasteiger partial charge in [0.05, 0.1) is 0 Å². The van der Waals surface area contributed by atoms with Crippen LogP contribution in [0.2, 0.25) is 0 Å². The number of para-hydroxylation sites is 1. The average molecular weight is 386 g/mol. The minimum absolute atomic E-state index is 0.163. The Morgan fingerprint density at radius 1 is 1.00 bits per heavy atom. The Balaban J connectivity index is 1.58. The monoisotopic (exact) mass is 386 g/mol. The van der Waals surface area contributed by atoms with Gasteiger partial charge < -0.3 is 14.6 Å². The molecular formula is C25H26N2O2. The molecule has 4 heteroatoms. The molecule has 0 spiro atoms. The van der Waals surface area contributed by atoms with Crippen molar-refractivity contribution < 1.29 is 9.53 Å². The summed E-state index contributed by atoms with van der Waals surface area (Å²) in [6, 6.07) is 20.4. The van der Waals surface area contributed by atoms with Crippen molar-refractivity contribution in [3.63, 3.8) is 0 Å². The van der Waals surface area contributed by atoms with Crippen molar-refractivity contribution in [3.05, 3.63) is 71.8 Å². The molecule has 0 aliphatic heterocycles. The summed E-state index contributed by atoms with van der Waals surface area (Å²) < 4.78 is 8.19. The van der Waals surface area contributed by atoms with Gasteiger partial charge in [0.1, 0.15) is 5.75 Å². The van der Waals surface area contributed by atoms with Gasteiger partial charge in [-0.3, -0.25) is 4.79 Å². The molecule has 1 aromatic heterocycles. The van der Waals surface area contributed by atoms with Crippen LogP contribution in [0.5, 0.6) is 5.75 Å². The number of hydrogen-bond donors (Lipinski definition) is 1. The van der Waals surface area contributed by atoms with E-state index in [1.54, 1.807) is 6.92 Å². The zero-order chi connectivity index (χ0) is 20.5. The number of rotatable bonds is 5. The molecule has 1 N–H and O–H groups in total. The summed E-state index contributed by atoms with van der Waals surface area (Å²) in [6.07, 6.45) is -0.593. The van der Waals surface area contributed by atoms with Crippen LogP contribution in [-0.4, -0.2) is 16.6 Å². The van der Waals surface area contributed by atoms with E-state index in [1.807, 2.05) is 44.2 Å². The van der Waals surface area contributed by atoms with Gasteiger partial charge in [0.2, 0.25) is 0 Å². The molecule has 3 aromatic carbocycles. The van der Waals surface area contributed by atoms with Gasteiger partial charge in [-0.15, -0.1) is 0 Å². The normalized spacial score (nSPS) is 12.3. The summed E-state index contributed by atoms with van der Waals surface area (Å²) in [5.41, 5.74) is 5.36. The maximum Gasteiger partial charge on any atom is 0.265 e. The highest BCUT2D eigenvalue weighted by Crippen LogP contribution is 2.31. The number of ether oxygens (including phenoxy) is 1. The lowest BCUT2D eigenvalue weighted by molar-refractivity contribution is -0.122. The van der Waals surface area contributed by atoms with E-state index < -0.39 is 6.10 Å². The van der Waals surface area contributed by atoms with Crippen LogP contribution in [0.15, 0.2) is 60.7 Å². The highest BCUT2D eigenvalue weighted by atomic mass is 16.5. The number of nitrogens with one attached hydrogen (secondary N) is 1. The molecule has 0 aliphatic rings. The van der Waals surface area contributed by atoms with Gasteiger partial charge in [-0.05, 0) is 63.6 Å². The number of fused-ring (bicyclic) bond motifs is 3. The van der Waals surface area contributed by atoms with Gasteiger partial charge in [0, 0.05) is 34.0 Å². The molecule has 1 heterocycles. The summed E-state index contributed by atoms with van der Waals surface area (Å²) in [7, 11) is 0. The number of nitrogens with zero attached hydrogens (tertiary/aromatic N) is 1. The molecule has 0 aliphatic carbocycles. The van der Waals surface area contributed by atoms with Crippen LogP contribution in [0.25, 0.3) is 21.8 Å². The molecule has 1 atom stereocenters. The summed E-state index contributed by atoms with van der Waals surface area (Å²) in [4.78, 5) is 12.7. The Morgan fingerprint density at radius 2 is 1.76 bits per heavy atom. The summed E-state index contributed by atoms with van der Waals surface area (Å²) in [6.45, 7) is 8.85. The van der Waals surface area contributed by atoms with E-state index in [9.17, 15) is 4.79 Å². The third-order valence-corrected chi connectivity index (χ3v) is 5.36. The first-order chi connectivity index (χ1) is 14.0. The zero-order valence-electron chi connectivity index (χ0n) is 17.3. The van der Waals surface area contributed by atoms with E-state index in [2.05, 4.69) is 47.1 Å². The van der Waals surface area contributed by atoms with Gasteiger partial charge in [-0.1, -0.05) is 35.9 Å². The Hall–Kier alpha value is -3.27. The maximum absolute atomic E-state index is 12.7. The van der Waals surface area contributed by atoms with Crippen LogP contribution in [-0.2, 0) is 11.3 Å². The second-order valence-corrected chi connectivity index (χ2v) is 7.51. The maximum atomic E-state index is 12.7. The topological polar surface area (TPSA) is 43.3 Å². The fourth-order valence-corrected chi connectivity index (χ4v) is 3.89. The molecule has 0 fully saturated rings. The van der Waals surface area contributed by atoms with Crippen molar-refractivity contribution in [2.24, 2.45) is 0 Å². The molecule has 0 saturated carbocycles. The second-order valence-electron chi connectivity index (χ2n) is 7.51. The molecule has 0 saturated heterocycles. The van der Waals surface area contributed by atoms with Crippen molar-refractivity contribution in [1.29, 1.82) is 0 Å². The fourth-order valence-electron chi connectivity index (χ4n) is 3.89. The SMILES string of the molecule is CCn1c2ccccc2c2cc(NC(=O)[C@@H](C)Oc3ccc(C)cc3C)ccc21. The molecule has 0 bridgehead atoms. The predicted molar refractivity (Wildman–Crippen MR) is 120 cm³/mol. The number of benzene rings is 3. The number of aryl methyl sites for hydroxylation is 3. The van der Waals surface area contributed by atoms with Crippen LogP contribution >= 0.6 is 0 Å². The van der Waals surface area contributed by atoms with E-state index in [1.165, 1.54) is 22.0 Å². The van der Waals surface area contributed by atoms with Gasteiger partial charge in [0.25, 0.3) is 5.91 Å². The van der Waals surface area contributed by atoms with Crippen molar-refractivity contribution in [3.8, 4) is 5.75 Å². The molecule has 1 amide bonds. The summed E-state index contributed by atoms with van der Waals surface area (Å²) >= 11 is 0. The largest absolute Gasteiger partial charge is 0.481 e. The average Bonchev–Trinajstić information content (AvgIpc) is 3.03. The summed E-state index contributed by atoms with van der Waals surface area (Å²) in [5.74, 6) is 0.572. The van der Waals surface area contributed by atoms with Crippen molar-refractivity contribution in [2.45, 2.75) is 40.3 Å². The molecule has 148 valence electrons. The van der Waals surface area contributed by atoms with Crippen LogP contribution in [0, 0.1) is 13.8 Å². The first-order valence-electron chi connectivity index (χ1n) is 10.0. The van der Waals surface area contributed by atoms with Gasteiger partial charge in [0.15, 0.2) is 6.10 Å². The van der Waals surface area contributed by atoms with Crippen LogP contribution in [0.3, 0.4) is 0 Å². The van der Waals surface area contributed by atoms with Crippen LogP contribution in [0.1, 0.15) is 25.0 Å². The molecule has 4 nitrogen and oxygen atoms in total. The lowest BCUT2D eigenvalue weighted by Crippen LogP contribution is -2.30. The standard InChI is InChI=1S/C25H26N2O2/c1-5-27-22-9-7-6-8-20(22)21-15-19(11-12-23(21)27)26-25(28)18(4)29-24-13-10-16(2)14-17(24)3/h6-15,18H,5H2,1-4H3,(H,26,28)/t18-/m1/s1. The Morgan fingerprint density at radius 3 is 2.52 bits per heavy atom. The molecule has 4 rings (SSSR count). The van der Waals surface area contributed by atoms with E-state index in [0.717, 1.165) is 28.9 Å². The third kappa shape index (κ3) is 3.58. The Bertz CT molecular complexity index is 1210. The van der Waals surface area contributed by atoms with Gasteiger partial charge in [-0.2, -0.15) is 0 Å². The molecule has 4 aromatic rings. The third-order valence-electron chi connectivity index (χ3n) is 5.36. The fraction of sp³-hybridized carbons (Fsp3) is 0.240. The lowest BCUT2D eigenvalue weighted by Gasteiger charge is -2.16. The van der Waals surface area contributed by atoms with Crippen LogP contribution < -0.4 is 10.1 Å². The van der Waals surface area contributed by atoms with Gasteiger partial charge >= 0.3 is 0 Å². The quantitative estimate of drug-likeness (QED) is 0.468. The predicted octanol–water partition coefficient (Wildman–Crippen LogP) is 5.84. The number of aromatic nitrogens is 1. The van der Waals surface area contributed by atoms with E-state index in [4.69, 9.17) is 4.74 Å². The Kier molecular flexibility index (Phi) is 5.01. The number of carbonyl (C=O) groups excluding carboxylic acids is 1. The second kappa shape index (κ2) is 7.63.